The molecule has 0 amide bonds. The number of hydrogen-bond donors (Lipinski definition) is 2. The van der Waals surface area contributed by atoms with Crippen LogP contribution in [0.15, 0.2) is 17.0 Å². The number of piperidine rings is 1. The Morgan fingerprint density at radius 3 is 2.38 bits per heavy atom. The van der Waals surface area contributed by atoms with Gasteiger partial charge in [-0.2, -0.15) is 0 Å². The van der Waals surface area contributed by atoms with Crippen LogP contribution in [0.2, 0.25) is 0 Å². The number of aromatic hydroxyl groups is 1. The summed E-state index contributed by atoms with van der Waals surface area (Å²) in [5.41, 5.74) is 1.09. The van der Waals surface area contributed by atoms with Crippen LogP contribution in [0, 0.1) is 6.92 Å². The highest BCUT2D eigenvalue weighted by Crippen LogP contribution is 2.32. The Morgan fingerprint density at radius 2 is 1.79 bits per heavy atom. The Bertz CT molecular complexity index is 780. The predicted octanol–water partition coefficient (Wildman–Crippen LogP) is 3.72. The van der Waals surface area contributed by atoms with E-state index in [0.29, 0.717) is 23.4 Å². The van der Waals surface area contributed by atoms with Crippen molar-refractivity contribution in [2.45, 2.75) is 81.9 Å². The normalized spacial score (nSPS) is 24.5. The van der Waals surface area contributed by atoms with E-state index in [-0.39, 0.29) is 16.7 Å². The number of aryl methyl sites for hydroxylation is 1. The largest absolute Gasteiger partial charge is 0.506 e. The molecular weight excluding hydrogens is 388 g/mol. The number of rotatable bonds is 7. The number of anilines is 1. The third-order valence-electron chi connectivity index (χ3n) is 6.30. The van der Waals surface area contributed by atoms with Crippen LogP contribution in [0.5, 0.6) is 5.75 Å². The first-order valence-electron chi connectivity index (χ1n) is 10.9. The minimum Gasteiger partial charge on any atom is -0.506 e. The summed E-state index contributed by atoms with van der Waals surface area (Å²) in [6.45, 7) is 6.81. The van der Waals surface area contributed by atoms with Crippen molar-refractivity contribution in [2.75, 3.05) is 31.3 Å². The fourth-order valence-electron chi connectivity index (χ4n) is 4.68. The fourth-order valence-corrected chi connectivity index (χ4v) is 5.65. The number of ether oxygens (including phenoxy) is 1. The van der Waals surface area contributed by atoms with Gasteiger partial charge in [-0.15, -0.1) is 0 Å². The summed E-state index contributed by atoms with van der Waals surface area (Å²) >= 11 is 0. The first kappa shape index (κ1) is 22.4. The lowest BCUT2D eigenvalue weighted by molar-refractivity contribution is 0.00428. The Balaban J connectivity index is 1.52. The molecule has 1 aliphatic heterocycles. The van der Waals surface area contributed by atoms with Gasteiger partial charge in [-0.1, -0.05) is 6.92 Å². The first-order chi connectivity index (χ1) is 13.8. The molecule has 7 heteroatoms. The molecule has 2 fully saturated rings. The Morgan fingerprint density at radius 1 is 1.14 bits per heavy atom. The highest BCUT2D eigenvalue weighted by Gasteiger charge is 2.29. The summed E-state index contributed by atoms with van der Waals surface area (Å²) < 4.78 is 29.9. The summed E-state index contributed by atoms with van der Waals surface area (Å²) in [7, 11) is -3.32. The third-order valence-corrected chi connectivity index (χ3v) is 7.54. The number of likely N-dealkylation sites (tertiary alicyclic amines) is 1. The lowest BCUT2D eigenvalue weighted by Crippen LogP contribution is -2.46. The molecular formula is C22H36N2O4S. The van der Waals surface area contributed by atoms with Crippen molar-refractivity contribution in [1.82, 2.24) is 4.90 Å². The summed E-state index contributed by atoms with van der Waals surface area (Å²) in [5.74, 6) is 0.114. The highest BCUT2D eigenvalue weighted by atomic mass is 32.2. The van der Waals surface area contributed by atoms with Crippen molar-refractivity contribution >= 4 is 15.5 Å². The number of phenols is 1. The molecule has 29 heavy (non-hydrogen) atoms. The van der Waals surface area contributed by atoms with E-state index in [9.17, 15) is 13.5 Å². The molecule has 0 unspecified atom stereocenters. The summed E-state index contributed by atoms with van der Waals surface area (Å²) in [6.07, 6.45) is 9.47. The molecule has 1 saturated carbocycles. The molecule has 3 rings (SSSR count). The Kier molecular flexibility index (Phi) is 7.46. The van der Waals surface area contributed by atoms with E-state index in [1.165, 1.54) is 25.2 Å². The minimum absolute atomic E-state index is 0.114. The molecule has 0 bridgehead atoms. The van der Waals surface area contributed by atoms with E-state index in [0.717, 1.165) is 51.8 Å². The number of nitrogens with one attached hydrogen (secondary N) is 1. The minimum atomic E-state index is -3.32. The molecule has 1 aliphatic carbocycles. The van der Waals surface area contributed by atoms with Crippen molar-refractivity contribution in [3.05, 3.63) is 17.7 Å². The van der Waals surface area contributed by atoms with Gasteiger partial charge < -0.3 is 20.1 Å². The number of sulfone groups is 1. The smallest absolute Gasteiger partial charge is 0.175 e. The zero-order valence-corrected chi connectivity index (χ0v) is 18.8. The van der Waals surface area contributed by atoms with E-state index >= 15 is 0 Å². The van der Waals surface area contributed by atoms with Crippen molar-refractivity contribution in [2.24, 2.45) is 0 Å². The van der Waals surface area contributed by atoms with Gasteiger partial charge in [-0.3, -0.25) is 0 Å². The third kappa shape index (κ3) is 5.86. The quantitative estimate of drug-likeness (QED) is 0.650. The number of hydrogen-bond acceptors (Lipinski definition) is 6. The average molecular weight is 425 g/mol. The highest BCUT2D eigenvalue weighted by molar-refractivity contribution is 7.90. The van der Waals surface area contributed by atoms with Gasteiger partial charge in [-0.25, -0.2) is 8.42 Å². The summed E-state index contributed by atoms with van der Waals surface area (Å²) in [6, 6.07) is 4.01. The molecule has 2 N–H and O–H groups in total. The molecule has 0 aromatic heterocycles. The molecule has 1 saturated heterocycles. The van der Waals surface area contributed by atoms with Crippen LogP contribution >= 0.6 is 0 Å². The van der Waals surface area contributed by atoms with Gasteiger partial charge in [0.25, 0.3) is 0 Å². The molecule has 1 heterocycles. The van der Waals surface area contributed by atoms with E-state index in [1.54, 1.807) is 13.0 Å². The summed E-state index contributed by atoms with van der Waals surface area (Å²) in [5, 5.41) is 13.7. The van der Waals surface area contributed by atoms with Crippen LogP contribution in [0.4, 0.5) is 5.69 Å². The molecule has 0 spiro atoms. The van der Waals surface area contributed by atoms with Gasteiger partial charge in [0.2, 0.25) is 0 Å². The second-order valence-electron chi connectivity index (χ2n) is 8.66. The topological polar surface area (TPSA) is 78.9 Å². The van der Waals surface area contributed by atoms with Gasteiger partial charge >= 0.3 is 0 Å². The summed E-state index contributed by atoms with van der Waals surface area (Å²) in [4.78, 5) is 2.88. The van der Waals surface area contributed by atoms with Crippen molar-refractivity contribution in [3.63, 3.8) is 0 Å². The standard InChI is InChI=1S/C22H36N2O4S/c1-4-13-28-19-7-5-18(6-8-19)24-11-9-17(10-12-24)23-20-15-22(29(3,26)27)16(2)14-21(20)25/h14-15,17-19,23,25H,4-13H2,1-3H3/t18-,19-. The van der Waals surface area contributed by atoms with Gasteiger partial charge in [0.05, 0.1) is 16.7 Å². The zero-order chi connectivity index (χ0) is 21.0. The molecule has 164 valence electrons. The van der Waals surface area contributed by atoms with Gasteiger partial charge in [0, 0.05) is 38.0 Å². The molecule has 6 nitrogen and oxygen atoms in total. The van der Waals surface area contributed by atoms with Gasteiger partial charge in [-0.05, 0) is 69.6 Å². The van der Waals surface area contributed by atoms with E-state index in [2.05, 4.69) is 17.1 Å². The van der Waals surface area contributed by atoms with Crippen LogP contribution in [0.3, 0.4) is 0 Å². The second kappa shape index (κ2) is 9.67. The van der Waals surface area contributed by atoms with Gasteiger partial charge in [0.15, 0.2) is 9.84 Å². The van der Waals surface area contributed by atoms with Gasteiger partial charge in [0.1, 0.15) is 5.75 Å². The number of phenolic OH excluding ortho intramolecular Hbond substituents is 1. The number of benzene rings is 1. The SMILES string of the molecule is CCCO[C@H]1CC[C@H](N2CCC(Nc3cc(S(C)(=O)=O)c(C)cc3O)CC2)CC1. The lowest BCUT2D eigenvalue weighted by Gasteiger charge is -2.41. The van der Waals surface area contributed by atoms with Crippen molar-refractivity contribution in [1.29, 1.82) is 0 Å². The van der Waals surface area contributed by atoms with E-state index < -0.39 is 9.84 Å². The van der Waals surface area contributed by atoms with E-state index in [1.807, 2.05) is 0 Å². The first-order valence-corrected chi connectivity index (χ1v) is 12.8. The van der Waals surface area contributed by atoms with Crippen LogP contribution in [0.1, 0.15) is 57.4 Å². The molecule has 1 aromatic carbocycles. The second-order valence-corrected chi connectivity index (χ2v) is 10.6. The molecule has 1 aromatic rings. The monoisotopic (exact) mass is 424 g/mol. The predicted molar refractivity (Wildman–Crippen MR) is 116 cm³/mol. The van der Waals surface area contributed by atoms with Crippen molar-refractivity contribution < 1.29 is 18.3 Å². The van der Waals surface area contributed by atoms with Crippen LogP contribution in [-0.2, 0) is 14.6 Å². The lowest BCUT2D eigenvalue weighted by atomic mass is 9.90. The van der Waals surface area contributed by atoms with Crippen LogP contribution < -0.4 is 5.32 Å². The number of nitrogens with zero attached hydrogens (tertiary/aromatic N) is 1. The zero-order valence-electron chi connectivity index (χ0n) is 18.0. The van der Waals surface area contributed by atoms with Crippen LogP contribution in [0.25, 0.3) is 0 Å². The van der Waals surface area contributed by atoms with Crippen LogP contribution in [-0.4, -0.2) is 62.6 Å². The maximum atomic E-state index is 12.0. The Hall–Kier alpha value is -1.31. The maximum Gasteiger partial charge on any atom is 0.175 e. The maximum absolute atomic E-state index is 12.0. The molecule has 0 atom stereocenters. The van der Waals surface area contributed by atoms with Crippen molar-refractivity contribution in [3.8, 4) is 5.75 Å². The fraction of sp³-hybridized carbons (Fsp3) is 0.727. The van der Waals surface area contributed by atoms with E-state index in [4.69, 9.17) is 4.74 Å². The average Bonchev–Trinajstić information content (AvgIpc) is 2.68. The Labute approximate surface area is 175 Å². The molecule has 0 radical (unpaired) electrons. The molecule has 2 aliphatic rings.